The van der Waals surface area contributed by atoms with Crippen LogP contribution in [0.1, 0.15) is 12.5 Å². The first kappa shape index (κ1) is 13.0. The Labute approximate surface area is 97.8 Å². The van der Waals surface area contributed by atoms with Crippen LogP contribution in [0.3, 0.4) is 0 Å². The molecule has 0 fully saturated rings. The molecule has 0 saturated heterocycles. The Morgan fingerprint density at radius 2 is 1.94 bits per heavy atom. The number of ether oxygens (including phenoxy) is 1. The Morgan fingerprint density at radius 1 is 1.35 bits per heavy atom. The number of para-hydroxylation sites is 1. The van der Waals surface area contributed by atoms with Gasteiger partial charge in [-0.1, -0.05) is 18.2 Å². The van der Waals surface area contributed by atoms with Crippen LogP contribution in [0.25, 0.3) is 0 Å². The van der Waals surface area contributed by atoms with Gasteiger partial charge in [0.1, 0.15) is 5.75 Å². The second-order valence-electron chi connectivity index (χ2n) is 3.65. The first-order chi connectivity index (χ1) is 7.91. The highest BCUT2D eigenvalue weighted by Crippen LogP contribution is 2.22. The van der Waals surface area contributed by atoms with E-state index in [-0.39, 0.29) is 5.75 Å². The van der Waals surface area contributed by atoms with Crippen molar-refractivity contribution in [3.05, 3.63) is 29.8 Å². The first-order valence-corrected chi connectivity index (χ1v) is 4.84. The van der Waals surface area contributed by atoms with Crippen LogP contribution in [0, 0.1) is 6.92 Å². The largest absolute Gasteiger partial charge is 0.478 e. The van der Waals surface area contributed by atoms with E-state index in [4.69, 9.17) is 15.1 Å². The maximum atomic E-state index is 11.3. The topological polar surface area (TPSA) is 95.9 Å². The van der Waals surface area contributed by atoms with Gasteiger partial charge in [-0.15, -0.1) is 0 Å². The predicted molar refractivity (Wildman–Crippen MR) is 57.8 cm³/mol. The lowest BCUT2D eigenvalue weighted by atomic mass is 10.1. The van der Waals surface area contributed by atoms with Gasteiger partial charge in [0.2, 0.25) is 0 Å². The number of carbonyl (C=O) groups is 2. The third-order valence-corrected chi connectivity index (χ3v) is 2.35. The minimum atomic E-state index is -2.18. The zero-order chi connectivity index (χ0) is 13.1. The normalized spacial score (nSPS) is 13.6. The first-order valence-electron chi connectivity index (χ1n) is 4.84. The molecule has 1 atom stereocenters. The molecule has 0 aliphatic heterocycles. The summed E-state index contributed by atoms with van der Waals surface area (Å²) in [5.41, 5.74) is -0.212. The van der Waals surface area contributed by atoms with E-state index in [9.17, 15) is 9.59 Å². The fraction of sp³-hybridized carbons (Fsp3) is 0.273. The van der Waals surface area contributed by atoms with Gasteiger partial charge in [-0.25, -0.2) is 10.3 Å². The Morgan fingerprint density at radius 3 is 2.41 bits per heavy atom. The Bertz CT molecular complexity index is 445. The van der Waals surface area contributed by atoms with E-state index in [1.54, 1.807) is 31.2 Å². The van der Waals surface area contributed by atoms with Gasteiger partial charge in [-0.2, -0.15) is 0 Å². The van der Waals surface area contributed by atoms with Crippen molar-refractivity contribution in [1.82, 2.24) is 5.48 Å². The standard InChI is InChI=1S/C11H13NO5/c1-7-5-3-4-6-8(7)17-11(2,10(14)15)9(13)12-16/h3-6,16H,1-2H3,(H,12,13)(H,14,15). The van der Waals surface area contributed by atoms with E-state index in [0.29, 0.717) is 5.56 Å². The van der Waals surface area contributed by atoms with Crippen molar-refractivity contribution in [2.75, 3.05) is 0 Å². The Kier molecular flexibility index (Phi) is 3.69. The number of hydrogen-bond acceptors (Lipinski definition) is 4. The molecular formula is C11H13NO5. The molecule has 0 heterocycles. The molecule has 17 heavy (non-hydrogen) atoms. The molecule has 0 spiro atoms. The molecule has 0 aromatic heterocycles. The number of carboxylic acids is 1. The van der Waals surface area contributed by atoms with Crippen LogP contribution in [-0.4, -0.2) is 27.8 Å². The highest BCUT2D eigenvalue weighted by molar-refractivity contribution is 6.04. The average Bonchev–Trinajstić information content (AvgIpc) is 2.30. The molecule has 92 valence electrons. The van der Waals surface area contributed by atoms with Crippen molar-refractivity contribution in [2.45, 2.75) is 19.4 Å². The van der Waals surface area contributed by atoms with Crippen molar-refractivity contribution in [3.8, 4) is 5.75 Å². The van der Waals surface area contributed by atoms with Crippen LogP contribution in [0.4, 0.5) is 0 Å². The lowest BCUT2D eigenvalue weighted by Gasteiger charge is -2.24. The highest BCUT2D eigenvalue weighted by Gasteiger charge is 2.44. The summed E-state index contributed by atoms with van der Waals surface area (Å²) in [4.78, 5) is 22.4. The smallest absolute Gasteiger partial charge is 0.357 e. The number of hydrogen-bond donors (Lipinski definition) is 3. The van der Waals surface area contributed by atoms with Crippen molar-refractivity contribution in [1.29, 1.82) is 0 Å². The molecule has 1 aromatic carbocycles. The van der Waals surface area contributed by atoms with Crippen LogP contribution >= 0.6 is 0 Å². The molecule has 6 nitrogen and oxygen atoms in total. The van der Waals surface area contributed by atoms with Gasteiger partial charge in [0.25, 0.3) is 11.5 Å². The van der Waals surface area contributed by atoms with Gasteiger partial charge < -0.3 is 9.84 Å². The summed E-state index contributed by atoms with van der Waals surface area (Å²) in [6, 6.07) is 6.67. The van der Waals surface area contributed by atoms with Crippen LogP contribution in [-0.2, 0) is 9.59 Å². The summed E-state index contributed by atoms with van der Waals surface area (Å²) < 4.78 is 5.18. The van der Waals surface area contributed by atoms with Crippen LogP contribution in [0.2, 0.25) is 0 Å². The average molecular weight is 239 g/mol. The van der Waals surface area contributed by atoms with Gasteiger partial charge in [0, 0.05) is 0 Å². The molecule has 1 unspecified atom stereocenters. The lowest BCUT2D eigenvalue weighted by molar-refractivity contribution is -0.165. The maximum absolute atomic E-state index is 11.3. The summed E-state index contributed by atoms with van der Waals surface area (Å²) in [6.45, 7) is 2.78. The predicted octanol–water partition coefficient (Wildman–Crippen LogP) is 0.723. The van der Waals surface area contributed by atoms with Gasteiger partial charge in [0.05, 0.1) is 0 Å². The molecule has 1 amide bonds. The van der Waals surface area contributed by atoms with Crippen molar-refractivity contribution < 1.29 is 24.6 Å². The lowest BCUT2D eigenvalue weighted by Crippen LogP contribution is -2.54. The van der Waals surface area contributed by atoms with Gasteiger partial charge >= 0.3 is 5.97 Å². The summed E-state index contributed by atoms with van der Waals surface area (Å²) in [7, 11) is 0. The minimum absolute atomic E-state index is 0.265. The number of amides is 1. The van der Waals surface area contributed by atoms with E-state index in [1.165, 1.54) is 5.48 Å². The SMILES string of the molecule is Cc1ccccc1OC(C)(C(=O)O)C(=O)NO. The fourth-order valence-corrected chi connectivity index (χ4v) is 1.18. The van der Waals surface area contributed by atoms with Gasteiger partial charge in [0.15, 0.2) is 0 Å². The third kappa shape index (κ3) is 2.54. The van der Waals surface area contributed by atoms with E-state index < -0.39 is 17.5 Å². The number of nitrogens with one attached hydrogen (secondary N) is 1. The molecule has 0 aliphatic carbocycles. The highest BCUT2D eigenvalue weighted by atomic mass is 16.5. The van der Waals surface area contributed by atoms with E-state index in [2.05, 4.69) is 0 Å². The molecule has 1 rings (SSSR count). The quantitative estimate of drug-likeness (QED) is 0.409. The number of carbonyl (C=O) groups excluding carboxylic acids is 1. The Balaban J connectivity index is 3.08. The van der Waals surface area contributed by atoms with Crippen LogP contribution in [0.5, 0.6) is 5.75 Å². The van der Waals surface area contributed by atoms with E-state index in [1.807, 2.05) is 0 Å². The molecule has 6 heteroatoms. The molecular weight excluding hydrogens is 226 g/mol. The summed E-state index contributed by atoms with van der Waals surface area (Å²) in [6.07, 6.45) is 0. The number of hydroxylamine groups is 1. The van der Waals surface area contributed by atoms with E-state index in [0.717, 1.165) is 6.92 Å². The van der Waals surface area contributed by atoms with Crippen LogP contribution in [0.15, 0.2) is 24.3 Å². The molecule has 0 bridgehead atoms. The summed E-state index contributed by atoms with van der Waals surface area (Å²) >= 11 is 0. The second-order valence-corrected chi connectivity index (χ2v) is 3.65. The minimum Gasteiger partial charge on any atom is -0.478 e. The fourth-order valence-electron chi connectivity index (χ4n) is 1.18. The van der Waals surface area contributed by atoms with Crippen molar-refractivity contribution in [2.24, 2.45) is 0 Å². The van der Waals surface area contributed by atoms with Gasteiger partial charge in [-0.3, -0.25) is 10.0 Å². The third-order valence-electron chi connectivity index (χ3n) is 2.35. The number of carboxylic acid groups (broad SMARTS) is 1. The zero-order valence-corrected chi connectivity index (χ0v) is 9.43. The molecule has 0 radical (unpaired) electrons. The van der Waals surface area contributed by atoms with Crippen molar-refractivity contribution >= 4 is 11.9 Å². The van der Waals surface area contributed by atoms with Gasteiger partial charge in [-0.05, 0) is 25.5 Å². The second kappa shape index (κ2) is 4.84. The monoisotopic (exact) mass is 239 g/mol. The molecule has 3 N–H and O–H groups in total. The van der Waals surface area contributed by atoms with Crippen LogP contribution < -0.4 is 10.2 Å². The number of aliphatic carboxylic acids is 1. The molecule has 0 saturated carbocycles. The number of aryl methyl sites for hydroxylation is 1. The number of rotatable bonds is 4. The summed E-state index contributed by atoms with van der Waals surface area (Å²) in [5.74, 6) is -2.37. The molecule has 1 aromatic rings. The summed E-state index contributed by atoms with van der Waals surface area (Å²) in [5, 5.41) is 17.5. The number of benzene rings is 1. The van der Waals surface area contributed by atoms with E-state index >= 15 is 0 Å². The zero-order valence-electron chi connectivity index (χ0n) is 9.43. The van der Waals surface area contributed by atoms with Crippen molar-refractivity contribution in [3.63, 3.8) is 0 Å². The maximum Gasteiger partial charge on any atom is 0.357 e. The Hall–Kier alpha value is -2.08. The molecule has 0 aliphatic rings.